The van der Waals surface area contributed by atoms with Crippen molar-refractivity contribution >= 4 is 15.9 Å². The van der Waals surface area contributed by atoms with E-state index in [1.54, 1.807) is 0 Å². The van der Waals surface area contributed by atoms with Crippen LogP contribution in [0.2, 0.25) is 0 Å². The quantitative estimate of drug-likeness (QED) is 0.850. The Hall–Kier alpha value is -1.60. The lowest BCUT2D eigenvalue weighted by molar-refractivity contribution is -0.124. The molecule has 0 radical (unpaired) electrons. The number of nitrogens with one attached hydrogen (secondary N) is 1. The third-order valence-electron chi connectivity index (χ3n) is 3.61. The van der Waals surface area contributed by atoms with Crippen molar-refractivity contribution in [2.75, 3.05) is 19.4 Å². The van der Waals surface area contributed by atoms with E-state index in [1.165, 1.54) is 4.31 Å². The smallest absolute Gasteiger partial charge is 0.238 e. The zero-order valence-electron chi connectivity index (χ0n) is 12.9. The Morgan fingerprint density at radius 1 is 1.45 bits per heavy atom. The monoisotopic (exact) mass is 326 g/mol. The second-order valence-electron chi connectivity index (χ2n) is 5.33. The molecule has 1 aromatic rings. The Labute approximate surface area is 131 Å². The van der Waals surface area contributed by atoms with Gasteiger partial charge >= 0.3 is 0 Å². The van der Waals surface area contributed by atoms with Crippen LogP contribution in [-0.2, 0) is 21.4 Å². The molecule has 1 amide bonds. The lowest BCUT2D eigenvalue weighted by atomic mass is 10.2. The molecule has 2 rings (SSSR count). The van der Waals surface area contributed by atoms with Gasteiger partial charge in [-0.2, -0.15) is 4.31 Å². The first-order valence-corrected chi connectivity index (χ1v) is 9.23. The molecule has 1 unspecified atom stereocenters. The maximum absolute atomic E-state index is 12.2. The molecule has 0 aromatic heterocycles. The van der Waals surface area contributed by atoms with Crippen molar-refractivity contribution in [3.05, 3.63) is 29.8 Å². The van der Waals surface area contributed by atoms with Gasteiger partial charge in [0.15, 0.2) is 0 Å². The number of hydrogen-bond donors (Lipinski definition) is 1. The van der Waals surface area contributed by atoms with Crippen LogP contribution in [0.4, 0.5) is 0 Å². The maximum Gasteiger partial charge on any atom is 0.238 e. The third kappa shape index (κ3) is 4.20. The Morgan fingerprint density at radius 2 is 2.23 bits per heavy atom. The Balaban J connectivity index is 1.96. The standard InChI is InChI=1S/C15H22N2O4S/c1-3-21-13-7-4-6-12(10-13)11-16-15(18)14-8-5-9-17(14)22(2,19)20/h4,6-7,10,14H,3,5,8-9,11H2,1-2H3,(H,16,18). The largest absolute Gasteiger partial charge is 0.494 e. The van der Waals surface area contributed by atoms with Crippen LogP contribution < -0.4 is 10.1 Å². The highest BCUT2D eigenvalue weighted by atomic mass is 32.2. The summed E-state index contributed by atoms with van der Waals surface area (Å²) in [5.74, 6) is 0.512. The normalized spacial score (nSPS) is 19.1. The molecule has 1 aliphatic heterocycles. The molecule has 6 nitrogen and oxygen atoms in total. The van der Waals surface area contributed by atoms with Crippen molar-refractivity contribution < 1.29 is 17.9 Å². The number of rotatable bonds is 6. The van der Waals surface area contributed by atoms with E-state index in [4.69, 9.17) is 4.74 Å². The average molecular weight is 326 g/mol. The van der Waals surface area contributed by atoms with Gasteiger partial charge in [-0.05, 0) is 37.5 Å². The lowest BCUT2D eigenvalue weighted by Crippen LogP contribution is -2.45. The number of carbonyl (C=O) groups is 1. The van der Waals surface area contributed by atoms with Crippen LogP contribution in [0.25, 0.3) is 0 Å². The second kappa shape index (κ2) is 7.11. The number of benzene rings is 1. The van der Waals surface area contributed by atoms with E-state index in [9.17, 15) is 13.2 Å². The van der Waals surface area contributed by atoms with Crippen LogP contribution in [-0.4, -0.2) is 44.1 Å². The number of carbonyl (C=O) groups excluding carboxylic acids is 1. The number of nitrogens with zero attached hydrogens (tertiary/aromatic N) is 1. The summed E-state index contributed by atoms with van der Waals surface area (Å²) in [6.45, 7) is 3.26. The highest BCUT2D eigenvalue weighted by Crippen LogP contribution is 2.20. The minimum atomic E-state index is -3.34. The first-order valence-electron chi connectivity index (χ1n) is 7.38. The molecule has 1 saturated heterocycles. The molecule has 0 bridgehead atoms. The maximum atomic E-state index is 12.2. The summed E-state index contributed by atoms with van der Waals surface area (Å²) in [5.41, 5.74) is 0.920. The third-order valence-corrected chi connectivity index (χ3v) is 4.90. The number of ether oxygens (including phenoxy) is 1. The highest BCUT2D eigenvalue weighted by molar-refractivity contribution is 7.88. The molecule has 0 saturated carbocycles. The summed E-state index contributed by atoms with van der Waals surface area (Å²) in [6.07, 6.45) is 2.42. The van der Waals surface area contributed by atoms with Gasteiger partial charge in [0, 0.05) is 13.1 Å². The number of hydrogen-bond acceptors (Lipinski definition) is 4. The molecule has 1 aromatic carbocycles. The van der Waals surface area contributed by atoms with Crippen molar-refractivity contribution in [1.29, 1.82) is 0 Å². The predicted octanol–water partition coefficient (Wildman–Crippen LogP) is 1.13. The Kier molecular flexibility index (Phi) is 5.42. The summed E-state index contributed by atoms with van der Waals surface area (Å²) in [7, 11) is -3.34. The predicted molar refractivity (Wildman–Crippen MR) is 84.0 cm³/mol. The molecule has 1 heterocycles. The van der Waals surface area contributed by atoms with Crippen LogP contribution >= 0.6 is 0 Å². The van der Waals surface area contributed by atoms with Gasteiger partial charge in [-0.3, -0.25) is 4.79 Å². The van der Waals surface area contributed by atoms with Crippen molar-refractivity contribution in [3.63, 3.8) is 0 Å². The van der Waals surface area contributed by atoms with Crippen LogP contribution in [0.15, 0.2) is 24.3 Å². The second-order valence-corrected chi connectivity index (χ2v) is 7.27. The van der Waals surface area contributed by atoms with Crippen LogP contribution in [0.3, 0.4) is 0 Å². The van der Waals surface area contributed by atoms with Gasteiger partial charge in [-0.25, -0.2) is 8.42 Å². The Morgan fingerprint density at radius 3 is 2.91 bits per heavy atom. The van der Waals surface area contributed by atoms with E-state index in [2.05, 4.69) is 5.32 Å². The minimum Gasteiger partial charge on any atom is -0.494 e. The van der Waals surface area contributed by atoms with Gasteiger partial charge in [-0.1, -0.05) is 12.1 Å². The van der Waals surface area contributed by atoms with Gasteiger partial charge < -0.3 is 10.1 Å². The highest BCUT2D eigenvalue weighted by Gasteiger charge is 2.36. The number of amides is 1. The van der Waals surface area contributed by atoms with Gasteiger partial charge in [-0.15, -0.1) is 0 Å². The molecule has 7 heteroatoms. The molecule has 1 fully saturated rings. The fraction of sp³-hybridized carbons (Fsp3) is 0.533. The summed E-state index contributed by atoms with van der Waals surface area (Å²) in [4.78, 5) is 12.2. The Bertz CT molecular complexity index is 630. The molecular formula is C15H22N2O4S. The summed E-state index contributed by atoms with van der Waals surface area (Å²) < 4.78 is 30.0. The molecule has 1 aliphatic rings. The van der Waals surface area contributed by atoms with E-state index >= 15 is 0 Å². The fourth-order valence-electron chi connectivity index (χ4n) is 2.62. The zero-order chi connectivity index (χ0) is 16.2. The van der Waals surface area contributed by atoms with Crippen LogP contribution in [0, 0.1) is 0 Å². The van der Waals surface area contributed by atoms with Gasteiger partial charge in [0.2, 0.25) is 15.9 Å². The van der Waals surface area contributed by atoms with Crippen molar-refractivity contribution in [3.8, 4) is 5.75 Å². The van der Waals surface area contributed by atoms with Crippen molar-refractivity contribution in [1.82, 2.24) is 9.62 Å². The molecule has 0 aliphatic carbocycles. The van der Waals surface area contributed by atoms with Gasteiger partial charge in [0.25, 0.3) is 0 Å². The molecule has 1 atom stereocenters. The minimum absolute atomic E-state index is 0.246. The van der Waals surface area contributed by atoms with E-state index in [-0.39, 0.29) is 5.91 Å². The summed E-state index contributed by atoms with van der Waals surface area (Å²) in [5, 5.41) is 2.81. The first kappa shape index (κ1) is 16.8. The SMILES string of the molecule is CCOc1cccc(CNC(=O)C2CCCN2S(C)(=O)=O)c1. The lowest BCUT2D eigenvalue weighted by Gasteiger charge is -2.21. The van der Waals surface area contributed by atoms with E-state index in [0.29, 0.717) is 32.5 Å². The zero-order valence-corrected chi connectivity index (χ0v) is 13.7. The van der Waals surface area contributed by atoms with E-state index < -0.39 is 16.1 Å². The van der Waals surface area contributed by atoms with Crippen molar-refractivity contribution in [2.45, 2.75) is 32.4 Å². The summed E-state index contributed by atoms with van der Waals surface area (Å²) >= 11 is 0. The number of sulfonamides is 1. The molecular weight excluding hydrogens is 304 g/mol. The fourth-order valence-corrected chi connectivity index (χ4v) is 3.74. The first-order chi connectivity index (χ1) is 10.4. The average Bonchev–Trinajstić information content (AvgIpc) is 2.95. The van der Waals surface area contributed by atoms with Crippen LogP contribution in [0.5, 0.6) is 5.75 Å². The van der Waals surface area contributed by atoms with E-state index in [0.717, 1.165) is 17.6 Å². The van der Waals surface area contributed by atoms with Gasteiger partial charge in [0.05, 0.1) is 12.9 Å². The van der Waals surface area contributed by atoms with Crippen LogP contribution in [0.1, 0.15) is 25.3 Å². The van der Waals surface area contributed by atoms with Crippen molar-refractivity contribution in [2.24, 2.45) is 0 Å². The molecule has 0 spiro atoms. The molecule has 1 N–H and O–H groups in total. The molecule has 22 heavy (non-hydrogen) atoms. The molecule has 122 valence electrons. The van der Waals surface area contributed by atoms with Gasteiger partial charge in [0.1, 0.15) is 11.8 Å². The van der Waals surface area contributed by atoms with E-state index in [1.807, 2.05) is 31.2 Å². The topological polar surface area (TPSA) is 75.7 Å². The summed E-state index contributed by atoms with van der Waals surface area (Å²) in [6, 6.07) is 6.89.